The minimum absolute atomic E-state index is 0.103. The van der Waals surface area contributed by atoms with Crippen LogP contribution in [0.5, 0.6) is 0 Å². The molecule has 5 nitrogen and oxygen atoms in total. The Morgan fingerprint density at radius 2 is 1.92 bits per heavy atom. The fourth-order valence-electron chi connectivity index (χ4n) is 2.62. The van der Waals surface area contributed by atoms with E-state index in [0.29, 0.717) is 23.9 Å². The van der Waals surface area contributed by atoms with Crippen LogP contribution in [0.15, 0.2) is 30.3 Å². The van der Waals surface area contributed by atoms with Gasteiger partial charge in [0.15, 0.2) is 5.69 Å². The molecule has 2 aromatic rings. The van der Waals surface area contributed by atoms with Gasteiger partial charge in [-0.3, -0.25) is 9.89 Å². The van der Waals surface area contributed by atoms with Crippen LogP contribution in [0.3, 0.4) is 0 Å². The number of aromatic amines is 1. The standard InChI is InChI=1S/C18H25ClN4O/c1-4-22(5-2)10-11-23(13-15-9-7-6-8-14(15)3)18(24)16-12-17(19)21-20-16/h6-9,12H,4-5,10-11,13H2,1-3H3,(H,20,21). The number of nitrogens with one attached hydrogen (secondary N) is 1. The van der Waals surface area contributed by atoms with E-state index in [2.05, 4.69) is 48.0 Å². The van der Waals surface area contributed by atoms with Crippen LogP contribution in [0.4, 0.5) is 0 Å². The molecule has 1 heterocycles. The highest BCUT2D eigenvalue weighted by Crippen LogP contribution is 2.14. The predicted octanol–water partition coefficient (Wildman–Crippen LogP) is 3.36. The fourth-order valence-corrected chi connectivity index (χ4v) is 2.76. The van der Waals surface area contributed by atoms with Gasteiger partial charge in [-0.05, 0) is 31.1 Å². The molecule has 24 heavy (non-hydrogen) atoms. The zero-order valence-corrected chi connectivity index (χ0v) is 15.3. The van der Waals surface area contributed by atoms with Crippen molar-refractivity contribution in [2.75, 3.05) is 26.2 Å². The number of aromatic nitrogens is 2. The van der Waals surface area contributed by atoms with Gasteiger partial charge in [-0.2, -0.15) is 5.10 Å². The first-order chi connectivity index (χ1) is 11.5. The first-order valence-electron chi connectivity index (χ1n) is 8.32. The highest BCUT2D eigenvalue weighted by atomic mass is 35.5. The smallest absolute Gasteiger partial charge is 0.274 e. The lowest BCUT2D eigenvalue weighted by Gasteiger charge is -2.26. The number of rotatable bonds is 8. The summed E-state index contributed by atoms with van der Waals surface area (Å²) in [6.45, 7) is 10.3. The Balaban J connectivity index is 2.17. The van der Waals surface area contributed by atoms with Crippen LogP contribution in [-0.4, -0.2) is 52.1 Å². The Labute approximate surface area is 148 Å². The number of hydrogen-bond acceptors (Lipinski definition) is 3. The van der Waals surface area contributed by atoms with Gasteiger partial charge in [-0.25, -0.2) is 0 Å². The van der Waals surface area contributed by atoms with E-state index in [1.54, 1.807) is 6.07 Å². The molecule has 2 rings (SSSR count). The molecule has 1 N–H and O–H groups in total. The first-order valence-corrected chi connectivity index (χ1v) is 8.70. The average molecular weight is 349 g/mol. The summed E-state index contributed by atoms with van der Waals surface area (Å²) in [7, 11) is 0. The zero-order valence-electron chi connectivity index (χ0n) is 14.6. The van der Waals surface area contributed by atoms with Crippen LogP contribution in [0.25, 0.3) is 0 Å². The maximum atomic E-state index is 12.8. The van der Waals surface area contributed by atoms with Gasteiger partial charge in [0.25, 0.3) is 5.91 Å². The maximum Gasteiger partial charge on any atom is 0.274 e. The second-order valence-electron chi connectivity index (χ2n) is 5.78. The largest absolute Gasteiger partial charge is 0.332 e. The molecule has 0 unspecified atom stereocenters. The van der Waals surface area contributed by atoms with Crippen molar-refractivity contribution >= 4 is 17.5 Å². The molecule has 1 aromatic carbocycles. The molecule has 1 amide bonds. The second kappa shape index (κ2) is 8.85. The second-order valence-corrected chi connectivity index (χ2v) is 6.19. The quantitative estimate of drug-likeness (QED) is 0.795. The summed E-state index contributed by atoms with van der Waals surface area (Å²) >= 11 is 5.87. The summed E-state index contributed by atoms with van der Waals surface area (Å²) < 4.78 is 0. The number of nitrogens with zero attached hydrogens (tertiary/aromatic N) is 3. The number of halogens is 1. The normalized spacial score (nSPS) is 11.0. The molecule has 0 radical (unpaired) electrons. The molecule has 130 valence electrons. The Morgan fingerprint density at radius 3 is 2.50 bits per heavy atom. The molecule has 0 saturated heterocycles. The van der Waals surface area contributed by atoms with Crippen LogP contribution in [-0.2, 0) is 6.54 Å². The van der Waals surface area contributed by atoms with E-state index < -0.39 is 0 Å². The number of amides is 1. The van der Waals surface area contributed by atoms with E-state index in [1.807, 2.05) is 17.0 Å². The number of benzene rings is 1. The number of aryl methyl sites for hydroxylation is 1. The monoisotopic (exact) mass is 348 g/mol. The van der Waals surface area contributed by atoms with Crippen molar-refractivity contribution in [1.82, 2.24) is 20.0 Å². The van der Waals surface area contributed by atoms with E-state index in [1.165, 1.54) is 5.56 Å². The van der Waals surface area contributed by atoms with Gasteiger partial charge in [-0.15, -0.1) is 0 Å². The molecular weight excluding hydrogens is 324 g/mol. The molecule has 0 atom stereocenters. The Kier molecular flexibility index (Phi) is 6.82. The van der Waals surface area contributed by atoms with Gasteiger partial charge < -0.3 is 9.80 Å². The molecule has 0 aliphatic heterocycles. The van der Waals surface area contributed by atoms with E-state index in [9.17, 15) is 4.79 Å². The number of hydrogen-bond donors (Lipinski definition) is 1. The molecular formula is C18H25ClN4O. The SMILES string of the molecule is CCN(CC)CCN(Cc1ccccc1C)C(=O)c1cc(Cl)[nH]n1. The summed E-state index contributed by atoms with van der Waals surface area (Å²) in [4.78, 5) is 17.0. The van der Waals surface area contributed by atoms with E-state index in [4.69, 9.17) is 11.6 Å². The van der Waals surface area contributed by atoms with E-state index >= 15 is 0 Å². The highest BCUT2D eigenvalue weighted by Gasteiger charge is 2.20. The summed E-state index contributed by atoms with van der Waals surface area (Å²) in [5.41, 5.74) is 2.68. The van der Waals surface area contributed by atoms with Crippen LogP contribution < -0.4 is 0 Å². The fraction of sp³-hybridized carbons (Fsp3) is 0.444. The molecule has 0 aliphatic carbocycles. The third-order valence-corrected chi connectivity index (χ3v) is 4.45. The van der Waals surface area contributed by atoms with Crippen molar-refractivity contribution in [2.24, 2.45) is 0 Å². The molecule has 6 heteroatoms. The zero-order chi connectivity index (χ0) is 17.5. The maximum absolute atomic E-state index is 12.8. The van der Waals surface area contributed by atoms with Gasteiger partial charge in [-0.1, -0.05) is 49.7 Å². The van der Waals surface area contributed by atoms with Gasteiger partial charge in [0.05, 0.1) is 0 Å². The van der Waals surface area contributed by atoms with E-state index in [-0.39, 0.29) is 5.91 Å². The van der Waals surface area contributed by atoms with Crippen molar-refractivity contribution in [3.8, 4) is 0 Å². The molecule has 0 aliphatic rings. The van der Waals surface area contributed by atoms with Crippen molar-refractivity contribution < 1.29 is 4.79 Å². The minimum Gasteiger partial charge on any atom is -0.332 e. The Morgan fingerprint density at radius 1 is 1.21 bits per heavy atom. The molecule has 0 bridgehead atoms. The summed E-state index contributed by atoms with van der Waals surface area (Å²) in [5.74, 6) is -0.103. The van der Waals surface area contributed by atoms with Crippen molar-refractivity contribution in [1.29, 1.82) is 0 Å². The van der Waals surface area contributed by atoms with Gasteiger partial charge in [0, 0.05) is 25.7 Å². The minimum atomic E-state index is -0.103. The van der Waals surface area contributed by atoms with Crippen LogP contribution in [0, 0.1) is 6.92 Å². The number of carbonyl (C=O) groups excluding carboxylic acids is 1. The first kappa shape index (κ1) is 18.5. The molecule has 0 saturated carbocycles. The molecule has 0 spiro atoms. The van der Waals surface area contributed by atoms with Gasteiger partial charge in [0.2, 0.25) is 0 Å². The topological polar surface area (TPSA) is 52.2 Å². The Hall–Kier alpha value is -1.85. The Bertz CT molecular complexity index is 667. The lowest BCUT2D eigenvalue weighted by atomic mass is 10.1. The van der Waals surface area contributed by atoms with Gasteiger partial charge >= 0.3 is 0 Å². The number of carbonyl (C=O) groups is 1. The van der Waals surface area contributed by atoms with Crippen molar-refractivity contribution in [2.45, 2.75) is 27.3 Å². The highest BCUT2D eigenvalue weighted by molar-refractivity contribution is 6.29. The van der Waals surface area contributed by atoms with E-state index in [0.717, 1.165) is 25.2 Å². The summed E-state index contributed by atoms with van der Waals surface area (Å²) in [5, 5.41) is 7.00. The summed E-state index contributed by atoms with van der Waals surface area (Å²) in [6.07, 6.45) is 0. The van der Waals surface area contributed by atoms with Crippen LogP contribution in [0.1, 0.15) is 35.5 Å². The number of likely N-dealkylation sites (N-methyl/N-ethyl adjacent to an activating group) is 1. The third kappa shape index (κ3) is 4.82. The molecule has 0 fully saturated rings. The predicted molar refractivity (Wildman–Crippen MR) is 97.3 cm³/mol. The summed E-state index contributed by atoms with van der Waals surface area (Å²) in [6, 6.07) is 9.71. The van der Waals surface area contributed by atoms with Gasteiger partial charge in [0.1, 0.15) is 5.15 Å². The molecule has 1 aromatic heterocycles. The van der Waals surface area contributed by atoms with Crippen molar-refractivity contribution in [3.05, 3.63) is 52.3 Å². The number of H-pyrrole nitrogens is 1. The van der Waals surface area contributed by atoms with Crippen LogP contribution >= 0.6 is 11.6 Å². The average Bonchev–Trinajstić information content (AvgIpc) is 3.02. The van der Waals surface area contributed by atoms with Crippen molar-refractivity contribution in [3.63, 3.8) is 0 Å². The third-order valence-electron chi connectivity index (χ3n) is 4.26. The van der Waals surface area contributed by atoms with Crippen LogP contribution in [0.2, 0.25) is 5.15 Å². The lowest BCUT2D eigenvalue weighted by Crippen LogP contribution is -2.38. The lowest BCUT2D eigenvalue weighted by molar-refractivity contribution is 0.0717.